The molecule has 3 aromatic carbocycles. The number of hydrogen-bond acceptors (Lipinski definition) is 4. The second kappa shape index (κ2) is 7.30. The molecule has 4 rings (SSSR count). The lowest BCUT2D eigenvalue weighted by atomic mass is 9.87. The lowest BCUT2D eigenvalue weighted by molar-refractivity contribution is -0.131. The van der Waals surface area contributed by atoms with Gasteiger partial charge < -0.3 is 10.1 Å². The largest absolute Gasteiger partial charge is 0.496 e. The lowest BCUT2D eigenvalue weighted by Crippen LogP contribution is -2.41. The minimum Gasteiger partial charge on any atom is -0.496 e. The molecular weight excluding hydrogens is 380 g/mol. The summed E-state index contributed by atoms with van der Waals surface area (Å²) in [6.45, 7) is 3.20. The molecule has 1 saturated heterocycles. The van der Waals surface area contributed by atoms with Gasteiger partial charge in [0.05, 0.1) is 13.7 Å². The molecule has 0 aliphatic carbocycles. The number of Topliss-reactive ketones (excluding diaryl/α,β-unsaturated/α-hetero) is 1. The molecule has 0 unspecified atom stereocenters. The number of benzene rings is 3. The van der Waals surface area contributed by atoms with Gasteiger partial charge in [0.1, 0.15) is 11.3 Å². The van der Waals surface area contributed by atoms with E-state index in [-0.39, 0.29) is 18.2 Å². The molecule has 1 N–H and O–H groups in total. The number of carbonyl (C=O) groups is 3. The highest BCUT2D eigenvalue weighted by Crippen LogP contribution is 2.35. The average Bonchev–Trinajstić information content (AvgIpc) is 2.97. The molecule has 0 radical (unpaired) electrons. The molecule has 30 heavy (non-hydrogen) atoms. The van der Waals surface area contributed by atoms with Crippen molar-refractivity contribution in [1.29, 1.82) is 0 Å². The molecule has 1 fully saturated rings. The van der Waals surface area contributed by atoms with E-state index in [1.807, 2.05) is 42.5 Å². The van der Waals surface area contributed by atoms with Gasteiger partial charge in [0, 0.05) is 11.1 Å². The number of urea groups is 1. The molecule has 1 heterocycles. The summed E-state index contributed by atoms with van der Waals surface area (Å²) in [4.78, 5) is 39.2. The number of fused-ring (bicyclic) bond motifs is 1. The summed E-state index contributed by atoms with van der Waals surface area (Å²) in [5.74, 6) is 0.0650. The van der Waals surface area contributed by atoms with E-state index in [0.717, 1.165) is 16.3 Å². The Labute approximate surface area is 174 Å². The zero-order valence-electron chi connectivity index (χ0n) is 17.1. The van der Waals surface area contributed by atoms with Gasteiger partial charge in [-0.1, -0.05) is 42.5 Å². The third-order valence-electron chi connectivity index (χ3n) is 5.62. The zero-order chi connectivity index (χ0) is 21.5. The van der Waals surface area contributed by atoms with Crippen LogP contribution in [0.25, 0.3) is 10.8 Å². The van der Waals surface area contributed by atoms with Gasteiger partial charge in [0.25, 0.3) is 5.91 Å². The Morgan fingerprint density at radius 2 is 1.80 bits per heavy atom. The molecular formula is C24H22N2O4. The maximum atomic E-state index is 13.4. The molecule has 3 aromatic rings. The van der Waals surface area contributed by atoms with Gasteiger partial charge in [-0.2, -0.15) is 0 Å². The fourth-order valence-corrected chi connectivity index (χ4v) is 3.98. The van der Waals surface area contributed by atoms with Gasteiger partial charge >= 0.3 is 6.03 Å². The fourth-order valence-electron chi connectivity index (χ4n) is 3.98. The van der Waals surface area contributed by atoms with E-state index >= 15 is 0 Å². The van der Waals surface area contributed by atoms with Crippen molar-refractivity contribution in [2.75, 3.05) is 7.11 Å². The molecule has 0 spiro atoms. The van der Waals surface area contributed by atoms with E-state index in [4.69, 9.17) is 4.74 Å². The van der Waals surface area contributed by atoms with Crippen LogP contribution in [0.5, 0.6) is 5.75 Å². The zero-order valence-corrected chi connectivity index (χ0v) is 17.1. The Hall–Kier alpha value is -3.67. The van der Waals surface area contributed by atoms with Crippen molar-refractivity contribution in [2.45, 2.75) is 25.9 Å². The van der Waals surface area contributed by atoms with Gasteiger partial charge in [-0.15, -0.1) is 0 Å². The SMILES string of the molecule is COc1ccc(C(C)=O)cc1CN1C(=O)N[C@@](C)(c2cccc3ccccc23)C1=O. The summed E-state index contributed by atoms with van der Waals surface area (Å²) in [5, 5.41) is 4.77. The molecule has 3 amide bonds. The summed E-state index contributed by atoms with van der Waals surface area (Å²) < 4.78 is 5.37. The number of imide groups is 1. The van der Waals surface area contributed by atoms with Gasteiger partial charge in [-0.3, -0.25) is 14.5 Å². The van der Waals surface area contributed by atoms with E-state index in [1.54, 1.807) is 25.1 Å². The van der Waals surface area contributed by atoms with Crippen molar-refractivity contribution in [1.82, 2.24) is 10.2 Å². The van der Waals surface area contributed by atoms with Crippen LogP contribution in [-0.4, -0.2) is 29.7 Å². The van der Waals surface area contributed by atoms with Gasteiger partial charge in [-0.25, -0.2) is 4.79 Å². The summed E-state index contributed by atoms with van der Waals surface area (Å²) >= 11 is 0. The van der Waals surface area contributed by atoms with Crippen LogP contribution in [0, 0.1) is 0 Å². The second-order valence-electron chi connectivity index (χ2n) is 7.56. The number of amides is 3. The van der Waals surface area contributed by atoms with Crippen molar-refractivity contribution in [3.8, 4) is 5.75 Å². The summed E-state index contributed by atoms with van der Waals surface area (Å²) in [7, 11) is 1.51. The van der Waals surface area contributed by atoms with Crippen LogP contribution in [0.3, 0.4) is 0 Å². The Kier molecular flexibility index (Phi) is 4.78. The molecule has 1 aliphatic heterocycles. The number of carbonyl (C=O) groups excluding carboxylic acids is 3. The first-order valence-electron chi connectivity index (χ1n) is 9.65. The van der Waals surface area contributed by atoms with E-state index in [0.29, 0.717) is 16.9 Å². The van der Waals surface area contributed by atoms with Crippen LogP contribution in [-0.2, 0) is 16.9 Å². The summed E-state index contributed by atoms with van der Waals surface area (Å²) in [6.07, 6.45) is 0. The predicted molar refractivity (Wildman–Crippen MR) is 113 cm³/mol. The first-order valence-corrected chi connectivity index (χ1v) is 9.65. The van der Waals surface area contributed by atoms with Crippen LogP contribution in [0.1, 0.15) is 35.3 Å². The summed E-state index contributed by atoms with van der Waals surface area (Å²) in [6, 6.07) is 18.0. The number of hydrogen-bond donors (Lipinski definition) is 1. The van der Waals surface area contributed by atoms with Crippen LogP contribution in [0.2, 0.25) is 0 Å². The van der Waals surface area contributed by atoms with Crippen LogP contribution >= 0.6 is 0 Å². The molecule has 6 nitrogen and oxygen atoms in total. The number of rotatable bonds is 5. The summed E-state index contributed by atoms with van der Waals surface area (Å²) in [5.41, 5.74) is 0.639. The molecule has 6 heteroatoms. The van der Waals surface area contributed by atoms with E-state index < -0.39 is 11.6 Å². The second-order valence-corrected chi connectivity index (χ2v) is 7.56. The van der Waals surface area contributed by atoms with Crippen LogP contribution in [0.15, 0.2) is 60.7 Å². The predicted octanol–water partition coefficient (Wildman–Crippen LogP) is 4.02. The highest BCUT2D eigenvalue weighted by Gasteiger charge is 2.49. The Bertz CT molecular complexity index is 1180. The van der Waals surface area contributed by atoms with E-state index in [1.165, 1.54) is 18.9 Å². The van der Waals surface area contributed by atoms with E-state index in [2.05, 4.69) is 5.32 Å². The average molecular weight is 402 g/mol. The Morgan fingerprint density at radius 1 is 1.07 bits per heavy atom. The smallest absolute Gasteiger partial charge is 0.325 e. The number of ketones is 1. The highest BCUT2D eigenvalue weighted by atomic mass is 16.5. The first kappa shape index (κ1) is 19.6. The number of nitrogens with zero attached hydrogens (tertiary/aromatic N) is 1. The number of methoxy groups -OCH3 is 1. The lowest BCUT2D eigenvalue weighted by Gasteiger charge is -2.24. The van der Waals surface area contributed by atoms with Crippen molar-refractivity contribution in [3.63, 3.8) is 0 Å². The maximum absolute atomic E-state index is 13.4. The van der Waals surface area contributed by atoms with Crippen molar-refractivity contribution in [2.24, 2.45) is 0 Å². The standard InChI is InChI=1S/C24H22N2O4/c1-15(27)17-11-12-21(30-3)18(13-17)14-26-22(28)24(2,25-23(26)29)20-10-6-8-16-7-4-5-9-19(16)20/h4-13H,14H2,1-3H3,(H,25,29)/t24-/m0/s1. The third-order valence-corrected chi connectivity index (χ3v) is 5.62. The van der Waals surface area contributed by atoms with Gasteiger partial charge in [0.15, 0.2) is 5.78 Å². The topological polar surface area (TPSA) is 75.7 Å². The molecule has 0 bridgehead atoms. The Morgan fingerprint density at radius 3 is 2.53 bits per heavy atom. The first-order chi connectivity index (χ1) is 14.3. The normalized spacial score (nSPS) is 18.6. The highest BCUT2D eigenvalue weighted by molar-refractivity contribution is 6.09. The number of nitrogens with one attached hydrogen (secondary N) is 1. The van der Waals surface area contributed by atoms with Crippen LogP contribution < -0.4 is 10.1 Å². The van der Waals surface area contributed by atoms with Crippen molar-refractivity contribution >= 4 is 28.5 Å². The monoisotopic (exact) mass is 402 g/mol. The quantitative estimate of drug-likeness (QED) is 0.517. The minimum atomic E-state index is -1.19. The maximum Gasteiger partial charge on any atom is 0.325 e. The minimum absolute atomic E-state index is 0.00924. The third kappa shape index (κ3) is 3.10. The van der Waals surface area contributed by atoms with Gasteiger partial charge in [-0.05, 0) is 48.4 Å². The molecule has 1 atom stereocenters. The van der Waals surface area contributed by atoms with Crippen molar-refractivity contribution < 1.29 is 19.1 Å². The van der Waals surface area contributed by atoms with Crippen molar-refractivity contribution in [3.05, 3.63) is 77.4 Å². The molecule has 152 valence electrons. The number of ether oxygens (including phenoxy) is 1. The van der Waals surface area contributed by atoms with Crippen LogP contribution in [0.4, 0.5) is 4.79 Å². The van der Waals surface area contributed by atoms with E-state index in [9.17, 15) is 14.4 Å². The molecule has 0 saturated carbocycles. The van der Waals surface area contributed by atoms with Gasteiger partial charge in [0.2, 0.25) is 0 Å². The fraction of sp³-hybridized carbons (Fsp3) is 0.208. The molecule has 0 aromatic heterocycles. The molecule has 1 aliphatic rings. The Balaban J connectivity index is 1.73.